The van der Waals surface area contributed by atoms with Crippen molar-refractivity contribution in [2.45, 2.75) is 25.8 Å². The fraction of sp³-hybridized carbons (Fsp3) is 0.250. The second-order valence-corrected chi connectivity index (χ2v) is 6.78. The minimum Gasteiger partial charge on any atom is -0.273 e. The van der Waals surface area contributed by atoms with E-state index in [4.69, 9.17) is 0 Å². The molecule has 1 amide bonds. The summed E-state index contributed by atoms with van der Waals surface area (Å²) in [4.78, 5) is 13.4. The molecule has 0 radical (unpaired) electrons. The lowest BCUT2D eigenvalue weighted by atomic mass is 10.0. The highest BCUT2D eigenvalue weighted by molar-refractivity contribution is 9.10. The molecule has 0 saturated carbocycles. The van der Waals surface area contributed by atoms with Crippen molar-refractivity contribution in [2.75, 3.05) is 0 Å². The van der Waals surface area contributed by atoms with Gasteiger partial charge in [0.25, 0.3) is 0 Å². The third-order valence-electron chi connectivity index (χ3n) is 3.50. The van der Waals surface area contributed by atoms with Crippen LogP contribution in [0.3, 0.4) is 0 Å². The Hall–Kier alpha value is -1.46. The first-order valence-electron chi connectivity index (χ1n) is 6.88. The van der Waals surface area contributed by atoms with Gasteiger partial charge in [0.2, 0.25) is 5.91 Å². The fourth-order valence-corrected chi connectivity index (χ4v) is 3.66. The Bertz CT molecular complexity index is 681. The molecule has 1 aliphatic heterocycles. The summed E-state index contributed by atoms with van der Waals surface area (Å²) in [5.41, 5.74) is 2.04. The molecule has 2 heterocycles. The Labute approximate surface area is 136 Å². The van der Waals surface area contributed by atoms with Crippen LogP contribution in [0.4, 0.5) is 0 Å². The number of halogens is 1. The van der Waals surface area contributed by atoms with Gasteiger partial charge in [0, 0.05) is 22.2 Å². The monoisotopic (exact) mass is 362 g/mol. The zero-order valence-electron chi connectivity index (χ0n) is 11.6. The maximum atomic E-state index is 12.2. The van der Waals surface area contributed by atoms with Gasteiger partial charge in [-0.05, 0) is 29.1 Å². The number of hydrogen-bond donors (Lipinski definition) is 0. The number of hydrogen-bond acceptors (Lipinski definition) is 3. The van der Waals surface area contributed by atoms with Crippen molar-refractivity contribution in [3.63, 3.8) is 0 Å². The number of nitrogens with zero attached hydrogens (tertiary/aromatic N) is 2. The Morgan fingerprint density at radius 1 is 1.43 bits per heavy atom. The maximum absolute atomic E-state index is 12.2. The number of carbonyl (C=O) groups is 1. The van der Waals surface area contributed by atoms with E-state index in [0.717, 1.165) is 22.2 Å². The van der Waals surface area contributed by atoms with Crippen molar-refractivity contribution < 1.29 is 4.79 Å². The van der Waals surface area contributed by atoms with Gasteiger partial charge < -0.3 is 0 Å². The summed E-state index contributed by atoms with van der Waals surface area (Å²) in [7, 11) is 0. The van der Waals surface area contributed by atoms with Gasteiger partial charge >= 0.3 is 0 Å². The summed E-state index contributed by atoms with van der Waals surface area (Å²) < 4.78 is 1.02. The van der Waals surface area contributed by atoms with Crippen LogP contribution in [0.1, 0.15) is 36.2 Å². The van der Waals surface area contributed by atoms with Crippen molar-refractivity contribution in [3.8, 4) is 0 Å². The largest absolute Gasteiger partial charge is 0.273 e. The number of benzene rings is 1. The van der Waals surface area contributed by atoms with Crippen molar-refractivity contribution in [1.82, 2.24) is 5.01 Å². The van der Waals surface area contributed by atoms with Gasteiger partial charge in [-0.1, -0.05) is 41.1 Å². The summed E-state index contributed by atoms with van der Waals surface area (Å²) in [5, 5.41) is 8.29. The van der Waals surface area contributed by atoms with E-state index in [1.54, 1.807) is 16.3 Å². The van der Waals surface area contributed by atoms with Crippen molar-refractivity contribution in [3.05, 3.63) is 56.7 Å². The van der Waals surface area contributed by atoms with Crippen LogP contribution < -0.4 is 0 Å². The van der Waals surface area contributed by atoms with E-state index in [1.165, 1.54) is 4.88 Å². The number of amides is 1. The van der Waals surface area contributed by atoms with Crippen LogP contribution in [0.15, 0.2) is 51.4 Å². The molecule has 0 spiro atoms. The van der Waals surface area contributed by atoms with Gasteiger partial charge in [-0.2, -0.15) is 5.10 Å². The zero-order valence-corrected chi connectivity index (χ0v) is 14.0. The van der Waals surface area contributed by atoms with Gasteiger partial charge in [-0.3, -0.25) is 4.79 Å². The van der Waals surface area contributed by atoms with E-state index in [2.05, 4.69) is 27.1 Å². The molecule has 0 N–H and O–H groups in total. The Kier molecular flexibility index (Phi) is 4.22. The highest BCUT2D eigenvalue weighted by atomic mass is 79.9. The molecule has 1 atom stereocenters. The number of thiophene rings is 1. The van der Waals surface area contributed by atoms with Gasteiger partial charge in [0.05, 0.1) is 11.8 Å². The van der Waals surface area contributed by atoms with Crippen LogP contribution in [0.5, 0.6) is 0 Å². The minimum absolute atomic E-state index is 0.0337. The molecule has 0 fully saturated rings. The minimum atomic E-state index is 0.0337. The Morgan fingerprint density at radius 2 is 2.29 bits per heavy atom. The molecular formula is C16H15BrN2OS. The van der Waals surface area contributed by atoms with Crippen LogP contribution in [0.2, 0.25) is 0 Å². The summed E-state index contributed by atoms with van der Waals surface area (Å²) in [5.74, 6) is 0.0680. The highest BCUT2D eigenvalue weighted by Crippen LogP contribution is 2.35. The molecule has 3 rings (SSSR count). The molecule has 1 aromatic heterocycles. The summed E-state index contributed by atoms with van der Waals surface area (Å²) >= 11 is 5.16. The van der Waals surface area contributed by atoms with Crippen molar-refractivity contribution in [2.24, 2.45) is 5.10 Å². The molecule has 5 heteroatoms. The molecule has 3 nitrogen and oxygen atoms in total. The standard InChI is InChI=1S/C16H15BrN2OS/c1-2-16(20)19-14(15-7-4-8-21-15)10-13(18-19)11-5-3-6-12(17)9-11/h3-9,14H,2,10H2,1H3/t14-/m1/s1. The Balaban J connectivity index is 1.95. The van der Waals surface area contributed by atoms with Crippen LogP contribution >= 0.6 is 27.3 Å². The molecule has 0 unspecified atom stereocenters. The Morgan fingerprint density at radius 3 is 2.95 bits per heavy atom. The molecule has 108 valence electrons. The molecule has 21 heavy (non-hydrogen) atoms. The molecule has 0 aliphatic carbocycles. The highest BCUT2D eigenvalue weighted by Gasteiger charge is 2.32. The van der Waals surface area contributed by atoms with E-state index < -0.39 is 0 Å². The molecule has 2 aromatic rings. The van der Waals surface area contributed by atoms with Gasteiger partial charge in [0.1, 0.15) is 0 Å². The topological polar surface area (TPSA) is 32.7 Å². The zero-order chi connectivity index (χ0) is 14.8. The van der Waals surface area contributed by atoms with E-state index in [1.807, 2.05) is 42.6 Å². The van der Waals surface area contributed by atoms with Gasteiger partial charge in [0.15, 0.2) is 0 Å². The first kappa shape index (κ1) is 14.5. The quantitative estimate of drug-likeness (QED) is 0.785. The molecule has 1 aromatic carbocycles. The molecule has 1 aliphatic rings. The van der Waals surface area contributed by atoms with E-state index in [0.29, 0.717) is 6.42 Å². The maximum Gasteiger partial charge on any atom is 0.243 e. The lowest BCUT2D eigenvalue weighted by Gasteiger charge is -2.19. The van der Waals surface area contributed by atoms with Crippen LogP contribution in [-0.2, 0) is 4.79 Å². The molecule has 0 saturated heterocycles. The van der Waals surface area contributed by atoms with Crippen molar-refractivity contribution >= 4 is 38.9 Å². The van der Waals surface area contributed by atoms with E-state index >= 15 is 0 Å². The lowest BCUT2D eigenvalue weighted by Crippen LogP contribution is -2.25. The smallest absolute Gasteiger partial charge is 0.243 e. The normalized spacial score (nSPS) is 17.9. The second-order valence-electron chi connectivity index (χ2n) is 4.88. The summed E-state index contributed by atoms with van der Waals surface area (Å²) in [6.07, 6.45) is 1.24. The van der Waals surface area contributed by atoms with E-state index in [-0.39, 0.29) is 11.9 Å². The SMILES string of the molecule is CCC(=O)N1N=C(c2cccc(Br)c2)C[C@@H]1c1cccs1. The first-order chi connectivity index (χ1) is 10.2. The number of rotatable bonds is 3. The summed E-state index contributed by atoms with van der Waals surface area (Å²) in [6, 6.07) is 12.2. The predicted molar refractivity (Wildman–Crippen MR) is 89.5 cm³/mol. The number of hydrazone groups is 1. The average Bonchev–Trinajstić information content (AvgIpc) is 3.15. The fourth-order valence-electron chi connectivity index (χ4n) is 2.45. The lowest BCUT2D eigenvalue weighted by molar-refractivity contribution is -0.132. The van der Waals surface area contributed by atoms with Gasteiger partial charge in [-0.25, -0.2) is 5.01 Å². The van der Waals surface area contributed by atoms with Crippen LogP contribution in [-0.4, -0.2) is 16.6 Å². The van der Waals surface area contributed by atoms with Crippen LogP contribution in [0, 0.1) is 0 Å². The second kappa shape index (κ2) is 6.12. The molecular weight excluding hydrogens is 348 g/mol. The van der Waals surface area contributed by atoms with Gasteiger partial charge in [-0.15, -0.1) is 11.3 Å². The third kappa shape index (κ3) is 2.94. The van der Waals surface area contributed by atoms with Crippen LogP contribution in [0.25, 0.3) is 0 Å². The average molecular weight is 363 g/mol. The molecule has 0 bridgehead atoms. The predicted octanol–water partition coefficient (Wildman–Crippen LogP) is 4.60. The summed E-state index contributed by atoms with van der Waals surface area (Å²) in [6.45, 7) is 1.88. The first-order valence-corrected chi connectivity index (χ1v) is 8.55. The number of carbonyl (C=O) groups excluding carboxylic acids is 1. The van der Waals surface area contributed by atoms with Crippen molar-refractivity contribution in [1.29, 1.82) is 0 Å². The third-order valence-corrected chi connectivity index (χ3v) is 4.96. The van der Waals surface area contributed by atoms with E-state index in [9.17, 15) is 4.79 Å².